The molecule has 1 aliphatic heterocycles. The molecule has 2 unspecified atom stereocenters. The molecule has 0 radical (unpaired) electrons. The van der Waals surface area contributed by atoms with E-state index in [-0.39, 0.29) is 28.6 Å². The number of anilines is 1. The summed E-state index contributed by atoms with van der Waals surface area (Å²) in [4.78, 5) is 23.6. The van der Waals surface area contributed by atoms with Crippen molar-refractivity contribution in [3.8, 4) is 11.5 Å². The molecule has 0 bridgehead atoms. The summed E-state index contributed by atoms with van der Waals surface area (Å²) in [6, 6.07) is 37.2. The van der Waals surface area contributed by atoms with Crippen LogP contribution in [0.1, 0.15) is 48.3 Å². The third-order valence-corrected chi connectivity index (χ3v) is 9.44. The molecule has 3 N–H and O–H groups in total. The molecular formula is C37H31N3O6S2. The van der Waals surface area contributed by atoms with Crippen molar-refractivity contribution in [3.05, 3.63) is 155 Å². The van der Waals surface area contributed by atoms with Crippen molar-refractivity contribution in [1.82, 2.24) is 0 Å². The molecule has 0 fully saturated rings. The summed E-state index contributed by atoms with van der Waals surface area (Å²) in [5, 5.41) is 30.7. The van der Waals surface area contributed by atoms with Crippen molar-refractivity contribution in [1.29, 1.82) is 0 Å². The van der Waals surface area contributed by atoms with Crippen molar-refractivity contribution < 1.29 is 29.3 Å². The average Bonchev–Trinajstić information content (AvgIpc) is 3.58. The van der Waals surface area contributed by atoms with Crippen LogP contribution in [0.4, 0.5) is 5.69 Å². The fourth-order valence-electron chi connectivity index (χ4n) is 4.84. The number of thioether (sulfide) groups is 2. The third kappa shape index (κ3) is 8.96. The van der Waals surface area contributed by atoms with Crippen molar-refractivity contribution in [2.45, 2.75) is 34.7 Å². The first-order chi connectivity index (χ1) is 23.4. The number of aromatic carboxylic acids is 2. The van der Waals surface area contributed by atoms with Gasteiger partial charge in [0.2, 0.25) is 0 Å². The standard InChI is InChI=1S/C37H31N3O6S2/c41-35(42)27-14-12-25(13-15-27)23-47-33-11-5-10-30(19-33)38-37-40-39-34(48-37)29-17-31(45-21-24-6-2-1-3-7-24)20-32(18-29)46-22-26-8-4-9-28(16-26)36(43)44/h1-20,34,37-38H,21-23H2,(H,41,42)(H,43,44). The number of carbonyl (C=O) groups is 2. The number of hydrogen-bond donors (Lipinski definition) is 3. The van der Waals surface area contributed by atoms with Crippen LogP contribution in [0.3, 0.4) is 0 Å². The molecule has 0 aliphatic carbocycles. The van der Waals surface area contributed by atoms with E-state index in [9.17, 15) is 14.7 Å². The summed E-state index contributed by atoms with van der Waals surface area (Å²) in [6.45, 7) is 0.574. The Bertz CT molecular complexity index is 1920. The van der Waals surface area contributed by atoms with Crippen LogP contribution in [0.5, 0.6) is 11.5 Å². The van der Waals surface area contributed by atoms with Gasteiger partial charge in [0.25, 0.3) is 0 Å². The molecule has 0 saturated heterocycles. The van der Waals surface area contributed by atoms with Gasteiger partial charge in [-0.1, -0.05) is 72.4 Å². The zero-order valence-electron chi connectivity index (χ0n) is 25.6. The Balaban J connectivity index is 1.11. The van der Waals surface area contributed by atoms with Crippen molar-refractivity contribution >= 4 is 41.1 Å². The normalized spacial score (nSPS) is 15.2. The van der Waals surface area contributed by atoms with E-state index in [0.29, 0.717) is 23.9 Å². The van der Waals surface area contributed by atoms with Crippen LogP contribution < -0.4 is 14.8 Å². The summed E-state index contributed by atoms with van der Waals surface area (Å²) >= 11 is 3.22. The molecule has 242 valence electrons. The Morgan fingerprint density at radius 3 is 2.10 bits per heavy atom. The monoisotopic (exact) mass is 677 g/mol. The van der Waals surface area contributed by atoms with Gasteiger partial charge in [0, 0.05) is 22.4 Å². The molecule has 1 heterocycles. The zero-order chi connectivity index (χ0) is 33.3. The van der Waals surface area contributed by atoms with E-state index >= 15 is 0 Å². The van der Waals surface area contributed by atoms with E-state index in [1.54, 1.807) is 53.9 Å². The zero-order valence-corrected chi connectivity index (χ0v) is 27.2. The second kappa shape index (κ2) is 15.6. The average molecular weight is 678 g/mol. The first-order valence-corrected chi connectivity index (χ1v) is 16.9. The van der Waals surface area contributed by atoms with E-state index in [2.05, 4.69) is 21.6 Å². The Hall–Kier alpha value is -5.26. The summed E-state index contributed by atoms with van der Waals surface area (Å²) in [5.41, 5.74) is 4.75. The molecule has 0 spiro atoms. The van der Waals surface area contributed by atoms with Crippen molar-refractivity contribution in [3.63, 3.8) is 0 Å². The smallest absolute Gasteiger partial charge is 0.335 e. The molecule has 11 heteroatoms. The van der Waals surface area contributed by atoms with E-state index in [4.69, 9.17) is 14.6 Å². The van der Waals surface area contributed by atoms with Crippen molar-refractivity contribution in [2.24, 2.45) is 10.2 Å². The van der Waals surface area contributed by atoms with Gasteiger partial charge in [0.05, 0.1) is 11.1 Å². The first kappa shape index (κ1) is 32.7. The highest BCUT2D eigenvalue weighted by molar-refractivity contribution is 8.00. The van der Waals surface area contributed by atoms with Gasteiger partial charge in [-0.15, -0.1) is 11.8 Å². The largest absolute Gasteiger partial charge is 0.489 e. The maximum absolute atomic E-state index is 11.4. The van der Waals surface area contributed by atoms with Crippen LogP contribution in [0.25, 0.3) is 0 Å². The minimum absolute atomic E-state index is 0.189. The number of nitrogens with zero attached hydrogens (tertiary/aromatic N) is 2. The summed E-state index contributed by atoms with van der Waals surface area (Å²) in [5.74, 6) is -0.0132. The lowest BCUT2D eigenvalue weighted by atomic mass is 10.1. The number of ether oxygens (including phenoxy) is 2. The second-order valence-electron chi connectivity index (χ2n) is 10.8. The number of carboxylic acids is 2. The highest BCUT2D eigenvalue weighted by atomic mass is 32.2. The number of azo groups is 1. The van der Waals surface area contributed by atoms with E-state index < -0.39 is 11.9 Å². The van der Waals surface area contributed by atoms with Gasteiger partial charge in [-0.05, 0) is 76.9 Å². The van der Waals surface area contributed by atoms with Crippen LogP contribution in [-0.4, -0.2) is 27.6 Å². The van der Waals surface area contributed by atoms with E-state index in [0.717, 1.165) is 32.8 Å². The molecule has 0 amide bonds. The Morgan fingerprint density at radius 1 is 0.688 bits per heavy atom. The Morgan fingerprint density at radius 2 is 1.38 bits per heavy atom. The molecule has 5 aromatic carbocycles. The maximum atomic E-state index is 11.4. The van der Waals surface area contributed by atoms with Crippen LogP contribution in [-0.2, 0) is 19.0 Å². The predicted molar refractivity (Wildman–Crippen MR) is 187 cm³/mol. The number of nitrogens with one attached hydrogen (secondary N) is 1. The van der Waals surface area contributed by atoms with E-state index in [1.807, 2.05) is 84.9 Å². The van der Waals surface area contributed by atoms with Crippen LogP contribution in [0, 0.1) is 0 Å². The third-order valence-electron chi connectivity index (χ3n) is 7.28. The minimum Gasteiger partial charge on any atom is -0.489 e. The number of hydrogen-bond acceptors (Lipinski definition) is 9. The summed E-state index contributed by atoms with van der Waals surface area (Å²) in [7, 11) is 0. The fraction of sp³-hybridized carbons (Fsp3) is 0.135. The lowest BCUT2D eigenvalue weighted by Crippen LogP contribution is -2.10. The number of rotatable bonds is 14. The Kier molecular flexibility index (Phi) is 10.6. The lowest BCUT2D eigenvalue weighted by Gasteiger charge is -2.16. The lowest BCUT2D eigenvalue weighted by molar-refractivity contribution is 0.0686. The van der Waals surface area contributed by atoms with Gasteiger partial charge < -0.3 is 25.0 Å². The molecule has 9 nitrogen and oxygen atoms in total. The SMILES string of the molecule is O=C(O)c1ccc(CSc2cccc(NC3N=NC(c4cc(OCc5ccccc5)cc(OCc5cccc(C(=O)O)c5)c4)S3)c2)cc1. The summed E-state index contributed by atoms with van der Waals surface area (Å²) < 4.78 is 12.3. The number of benzene rings is 5. The quantitative estimate of drug-likeness (QED) is 0.0985. The molecule has 0 saturated carbocycles. The van der Waals surface area contributed by atoms with Crippen LogP contribution >= 0.6 is 23.5 Å². The molecule has 6 rings (SSSR count). The highest BCUT2D eigenvalue weighted by Crippen LogP contribution is 2.43. The fourth-order valence-corrected chi connectivity index (χ4v) is 6.71. The van der Waals surface area contributed by atoms with Gasteiger partial charge >= 0.3 is 11.9 Å². The topological polar surface area (TPSA) is 130 Å². The second-order valence-corrected chi connectivity index (χ2v) is 13.1. The van der Waals surface area contributed by atoms with Gasteiger partial charge in [0.15, 0.2) is 5.50 Å². The Labute approximate surface area is 286 Å². The molecule has 0 aromatic heterocycles. The van der Waals surface area contributed by atoms with E-state index in [1.165, 1.54) is 0 Å². The first-order valence-electron chi connectivity index (χ1n) is 15.0. The molecule has 2 atom stereocenters. The highest BCUT2D eigenvalue weighted by Gasteiger charge is 2.25. The van der Waals surface area contributed by atoms with Gasteiger partial charge in [-0.3, -0.25) is 0 Å². The van der Waals surface area contributed by atoms with Gasteiger partial charge in [-0.2, -0.15) is 10.2 Å². The number of carboxylic acid groups (broad SMARTS) is 2. The summed E-state index contributed by atoms with van der Waals surface area (Å²) in [6.07, 6.45) is 0. The van der Waals surface area contributed by atoms with Crippen molar-refractivity contribution in [2.75, 3.05) is 5.32 Å². The molecular weight excluding hydrogens is 647 g/mol. The molecule has 1 aliphatic rings. The van der Waals surface area contributed by atoms with Crippen LogP contribution in [0.2, 0.25) is 0 Å². The minimum atomic E-state index is -0.988. The molecule has 48 heavy (non-hydrogen) atoms. The maximum Gasteiger partial charge on any atom is 0.335 e. The van der Waals surface area contributed by atoms with Gasteiger partial charge in [-0.25, -0.2) is 9.59 Å². The molecule has 5 aromatic rings. The van der Waals surface area contributed by atoms with Gasteiger partial charge in [0.1, 0.15) is 30.1 Å². The predicted octanol–water partition coefficient (Wildman–Crippen LogP) is 9.13. The van der Waals surface area contributed by atoms with Crippen LogP contribution in [0.15, 0.2) is 136 Å².